The summed E-state index contributed by atoms with van der Waals surface area (Å²) in [6.07, 6.45) is 1.67. The number of rotatable bonds is 3. The van der Waals surface area contributed by atoms with Crippen LogP contribution in [0.15, 0.2) is 40.9 Å². The largest absolute Gasteiger partial charge is 0.380 e. The summed E-state index contributed by atoms with van der Waals surface area (Å²) in [6.45, 7) is 0. The van der Waals surface area contributed by atoms with Gasteiger partial charge in [0, 0.05) is 22.6 Å². The van der Waals surface area contributed by atoms with E-state index < -0.39 is 17.5 Å². The van der Waals surface area contributed by atoms with Crippen molar-refractivity contribution in [3.63, 3.8) is 0 Å². The van der Waals surface area contributed by atoms with Crippen LogP contribution in [0.3, 0.4) is 0 Å². The lowest BCUT2D eigenvalue weighted by Gasteiger charge is -2.37. The molecule has 0 spiro atoms. The molecule has 0 amide bonds. The van der Waals surface area contributed by atoms with Gasteiger partial charge in [-0.3, -0.25) is 0 Å². The Morgan fingerprint density at radius 2 is 1.62 bits per heavy atom. The van der Waals surface area contributed by atoms with Gasteiger partial charge in [-0.1, -0.05) is 34.1 Å². The summed E-state index contributed by atoms with van der Waals surface area (Å²) in [5, 5.41) is 2.94. The van der Waals surface area contributed by atoms with Crippen LogP contribution < -0.4 is 5.32 Å². The molecule has 1 aliphatic rings. The first-order valence-electron chi connectivity index (χ1n) is 6.70. The topological polar surface area (TPSA) is 12.0 Å². The summed E-state index contributed by atoms with van der Waals surface area (Å²) >= 11 is 3.52. The minimum atomic E-state index is -1.17. The van der Waals surface area contributed by atoms with Crippen molar-refractivity contribution in [3.8, 4) is 0 Å². The lowest BCUT2D eigenvalue weighted by atomic mass is 9.76. The van der Waals surface area contributed by atoms with E-state index in [0.717, 1.165) is 23.4 Å². The standard InChI is InChI=1S/C16H13BrF3N/c17-12-4-2-1-3-11(12)9-5-10(6-9)21-16-8-14(19)13(18)7-15(16)20/h1-4,7-10,21H,5-6H2. The van der Waals surface area contributed by atoms with Gasteiger partial charge in [-0.25, -0.2) is 13.2 Å². The van der Waals surface area contributed by atoms with Gasteiger partial charge in [-0.05, 0) is 30.4 Å². The molecule has 21 heavy (non-hydrogen) atoms. The van der Waals surface area contributed by atoms with E-state index in [1.165, 1.54) is 5.56 Å². The highest BCUT2D eigenvalue weighted by Crippen LogP contribution is 2.41. The van der Waals surface area contributed by atoms with Gasteiger partial charge in [0.15, 0.2) is 11.6 Å². The van der Waals surface area contributed by atoms with E-state index >= 15 is 0 Å². The highest BCUT2D eigenvalue weighted by atomic mass is 79.9. The maximum atomic E-state index is 13.6. The molecule has 1 nitrogen and oxygen atoms in total. The van der Waals surface area contributed by atoms with Gasteiger partial charge in [0.25, 0.3) is 0 Å². The minimum absolute atomic E-state index is 0.0180. The molecule has 0 saturated heterocycles. The summed E-state index contributed by atoms with van der Waals surface area (Å²) in [5.41, 5.74) is 1.24. The molecule has 1 N–H and O–H groups in total. The van der Waals surface area contributed by atoms with E-state index in [4.69, 9.17) is 0 Å². The van der Waals surface area contributed by atoms with Crippen molar-refractivity contribution in [1.82, 2.24) is 0 Å². The maximum Gasteiger partial charge on any atom is 0.161 e. The maximum absolute atomic E-state index is 13.6. The Balaban J connectivity index is 1.65. The molecule has 0 unspecified atom stereocenters. The first-order chi connectivity index (χ1) is 10.0. The molecule has 5 heteroatoms. The van der Waals surface area contributed by atoms with E-state index in [-0.39, 0.29) is 11.7 Å². The molecule has 0 aliphatic heterocycles. The van der Waals surface area contributed by atoms with Crippen molar-refractivity contribution in [2.24, 2.45) is 0 Å². The third kappa shape index (κ3) is 2.93. The summed E-state index contributed by atoms with van der Waals surface area (Å²) in [6, 6.07) is 9.50. The minimum Gasteiger partial charge on any atom is -0.380 e. The van der Waals surface area contributed by atoms with Gasteiger partial charge < -0.3 is 5.32 Å². The molecular weight excluding hydrogens is 343 g/mol. The highest BCUT2D eigenvalue weighted by Gasteiger charge is 2.31. The average molecular weight is 356 g/mol. The van der Waals surface area contributed by atoms with Crippen molar-refractivity contribution < 1.29 is 13.2 Å². The van der Waals surface area contributed by atoms with Gasteiger partial charge in [-0.2, -0.15) is 0 Å². The Kier molecular flexibility index (Phi) is 3.93. The summed E-state index contributed by atoms with van der Waals surface area (Å²) < 4.78 is 40.6. The number of benzene rings is 2. The second kappa shape index (κ2) is 5.72. The SMILES string of the molecule is Fc1cc(F)c(NC2CC(c3ccccc3Br)C2)cc1F. The second-order valence-corrected chi connectivity index (χ2v) is 6.13. The fourth-order valence-electron chi connectivity index (χ4n) is 2.65. The van der Waals surface area contributed by atoms with E-state index in [1.54, 1.807) is 0 Å². The molecule has 1 aliphatic carbocycles. The van der Waals surface area contributed by atoms with Crippen LogP contribution in [0.25, 0.3) is 0 Å². The fourth-order valence-corrected chi connectivity index (χ4v) is 3.26. The normalized spacial score (nSPS) is 21.0. The Morgan fingerprint density at radius 1 is 0.952 bits per heavy atom. The first kappa shape index (κ1) is 14.4. The zero-order valence-corrected chi connectivity index (χ0v) is 12.6. The third-order valence-electron chi connectivity index (χ3n) is 3.85. The molecule has 0 bridgehead atoms. The molecule has 0 radical (unpaired) electrons. The van der Waals surface area contributed by atoms with Crippen LogP contribution in [0.1, 0.15) is 24.3 Å². The number of anilines is 1. The van der Waals surface area contributed by atoms with Crippen LogP contribution in [0.2, 0.25) is 0 Å². The fraction of sp³-hybridized carbons (Fsp3) is 0.250. The van der Waals surface area contributed by atoms with Gasteiger partial charge in [0.05, 0.1) is 5.69 Å². The van der Waals surface area contributed by atoms with Gasteiger partial charge in [0.1, 0.15) is 5.82 Å². The lowest BCUT2D eigenvalue weighted by Crippen LogP contribution is -2.34. The van der Waals surface area contributed by atoms with Crippen molar-refractivity contribution in [3.05, 3.63) is 63.9 Å². The molecular formula is C16H13BrF3N. The summed E-state index contributed by atoms with van der Waals surface area (Å²) in [5.74, 6) is -2.58. The zero-order chi connectivity index (χ0) is 15.0. The quantitative estimate of drug-likeness (QED) is 0.743. The number of halogens is 4. The summed E-state index contributed by atoms with van der Waals surface area (Å²) in [7, 11) is 0. The van der Waals surface area contributed by atoms with Crippen LogP contribution in [-0.2, 0) is 0 Å². The van der Waals surface area contributed by atoms with Crippen LogP contribution >= 0.6 is 15.9 Å². The Bertz CT molecular complexity index is 669. The van der Waals surface area contributed by atoms with Crippen LogP contribution in [0.5, 0.6) is 0 Å². The molecule has 3 rings (SSSR count). The van der Waals surface area contributed by atoms with E-state index in [1.807, 2.05) is 18.2 Å². The van der Waals surface area contributed by atoms with Crippen LogP contribution in [0, 0.1) is 17.5 Å². The second-order valence-electron chi connectivity index (χ2n) is 5.28. The molecule has 0 atom stereocenters. The first-order valence-corrected chi connectivity index (χ1v) is 7.49. The van der Waals surface area contributed by atoms with Crippen molar-refractivity contribution in [1.29, 1.82) is 0 Å². The molecule has 2 aromatic rings. The van der Waals surface area contributed by atoms with E-state index in [9.17, 15) is 13.2 Å². The molecule has 0 heterocycles. The highest BCUT2D eigenvalue weighted by molar-refractivity contribution is 9.10. The molecule has 1 saturated carbocycles. The Labute approximate surface area is 129 Å². The number of hydrogen-bond donors (Lipinski definition) is 1. The molecule has 110 valence electrons. The molecule has 0 aromatic heterocycles. The molecule has 1 fully saturated rings. The van der Waals surface area contributed by atoms with Gasteiger partial charge in [0.2, 0.25) is 0 Å². The smallest absolute Gasteiger partial charge is 0.161 e. The predicted octanol–water partition coefficient (Wildman–Crippen LogP) is 5.22. The van der Waals surface area contributed by atoms with Crippen LogP contribution in [0.4, 0.5) is 18.9 Å². The van der Waals surface area contributed by atoms with E-state index in [0.29, 0.717) is 12.0 Å². The zero-order valence-electron chi connectivity index (χ0n) is 11.0. The van der Waals surface area contributed by atoms with E-state index in [2.05, 4.69) is 27.3 Å². The Morgan fingerprint density at radius 3 is 2.33 bits per heavy atom. The van der Waals surface area contributed by atoms with Gasteiger partial charge >= 0.3 is 0 Å². The van der Waals surface area contributed by atoms with Gasteiger partial charge in [-0.15, -0.1) is 0 Å². The predicted molar refractivity (Wildman–Crippen MR) is 79.8 cm³/mol. The molecule has 2 aromatic carbocycles. The monoisotopic (exact) mass is 355 g/mol. The number of hydrogen-bond acceptors (Lipinski definition) is 1. The average Bonchev–Trinajstić information content (AvgIpc) is 2.40. The third-order valence-corrected chi connectivity index (χ3v) is 4.57. The van der Waals surface area contributed by atoms with Crippen molar-refractivity contribution in [2.75, 3.05) is 5.32 Å². The van der Waals surface area contributed by atoms with Crippen molar-refractivity contribution in [2.45, 2.75) is 24.8 Å². The lowest BCUT2D eigenvalue weighted by molar-refractivity contribution is 0.371. The van der Waals surface area contributed by atoms with Crippen molar-refractivity contribution >= 4 is 21.6 Å². The number of nitrogens with one attached hydrogen (secondary N) is 1. The summed E-state index contributed by atoms with van der Waals surface area (Å²) in [4.78, 5) is 0. The van der Waals surface area contributed by atoms with Crippen LogP contribution in [-0.4, -0.2) is 6.04 Å². The Hall–Kier alpha value is -1.49.